The van der Waals surface area contributed by atoms with Crippen LogP contribution in [0.2, 0.25) is 0 Å². The highest BCUT2D eigenvalue weighted by Crippen LogP contribution is 2.38. The van der Waals surface area contributed by atoms with Crippen LogP contribution in [0.1, 0.15) is 33.3 Å². The number of thiophene rings is 1. The average molecular weight is 415 g/mol. The van der Waals surface area contributed by atoms with Crippen LogP contribution in [0, 0.1) is 11.3 Å². The Morgan fingerprint density at radius 3 is 2.55 bits per heavy atom. The summed E-state index contributed by atoms with van der Waals surface area (Å²) in [5.74, 6) is 0.307. The monoisotopic (exact) mass is 415 g/mol. The predicted octanol–water partition coefficient (Wildman–Crippen LogP) is 3.40. The van der Waals surface area contributed by atoms with E-state index in [4.69, 9.17) is 14.2 Å². The van der Waals surface area contributed by atoms with E-state index in [-0.39, 0.29) is 11.7 Å². The van der Waals surface area contributed by atoms with Gasteiger partial charge in [0.1, 0.15) is 28.1 Å². The molecular formula is C20H21N3O5S. The molecule has 152 valence electrons. The van der Waals surface area contributed by atoms with E-state index in [1.807, 2.05) is 0 Å². The first-order valence-electron chi connectivity index (χ1n) is 9.02. The van der Waals surface area contributed by atoms with Gasteiger partial charge in [0.25, 0.3) is 5.91 Å². The molecule has 0 bridgehead atoms. The van der Waals surface area contributed by atoms with E-state index in [0.29, 0.717) is 48.2 Å². The van der Waals surface area contributed by atoms with Crippen LogP contribution in [0.3, 0.4) is 0 Å². The summed E-state index contributed by atoms with van der Waals surface area (Å²) in [4.78, 5) is 27.4. The van der Waals surface area contributed by atoms with Gasteiger partial charge in [-0.2, -0.15) is 5.26 Å². The second kappa shape index (κ2) is 8.84. The second-order valence-corrected chi connectivity index (χ2v) is 7.29. The van der Waals surface area contributed by atoms with Crippen molar-refractivity contribution in [2.75, 3.05) is 32.7 Å². The van der Waals surface area contributed by atoms with Crippen molar-refractivity contribution in [2.45, 2.75) is 19.9 Å². The lowest BCUT2D eigenvalue weighted by molar-refractivity contribution is 0.101. The number of nitrogens with zero attached hydrogens (tertiary/aromatic N) is 2. The van der Waals surface area contributed by atoms with Crippen molar-refractivity contribution in [1.29, 1.82) is 5.26 Å². The molecule has 1 aliphatic heterocycles. The quantitative estimate of drug-likeness (QED) is 0.803. The molecule has 8 nitrogen and oxygen atoms in total. The minimum absolute atomic E-state index is 0.251. The first-order valence-corrected chi connectivity index (χ1v) is 9.84. The van der Waals surface area contributed by atoms with Crippen LogP contribution in [0.15, 0.2) is 18.2 Å². The highest BCUT2D eigenvalue weighted by atomic mass is 32.1. The van der Waals surface area contributed by atoms with E-state index in [1.54, 1.807) is 30.0 Å². The maximum Gasteiger partial charge on any atom is 0.410 e. The summed E-state index contributed by atoms with van der Waals surface area (Å²) in [6.45, 7) is 2.87. The zero-order chi connectivity index (χ0) is 21.0. The number of methoxy groups -OCH3 is 2. The lowest BCUT2D eigenvalue weighted by Gasteiger charge is -2.25. The zero-order valence-corrected chi connectivity index (χ0v) is 17.2. The van der Waals surface area contributed by atoms with Gasteiger partial charge in [-0.3, -0.25) is 4.79 Å². The average Bonchev–Trinajstić information content (AvgIpc) is 3.08. The summed E-state index contributed by atoms with van der Waals surface area (Å²) < 4.78 is 15.6. The van der Waals surface area contributed by atoms with Crippen LogP contribution in [0.5, 0.6) is 11.5 Å². The first-order chi connectivity index (χ1) is 14.0. The summed E-state index contributed by atoms with van der Waals surface area (Å²) in [5, 5.41) is 12.9. The van der Waals surface area contributed by atoms with Gasteiger partial charge >= 0.3 is 6.09 Å². The molecule has 3 rings (SSSR count). The van der Waals surface area contributed by atoms with Crippen LogP contribution in [0.4, 0.5) is 9.80 Å². The molecule has 0 aliphatic carbocycles. The van der Waals surface area contributed by atoms with Gasteiger partial charge in [0.05, 0.1) is 32.9 Å². The Balaban J connectivity index is 1.90. The van der Waals surface area contributed by atoms with Crippen molar-refractivity contribution in [3.63, 3.8) is 0 Å². The largest absolute Gasteiger partial charge is 0.496 e. The normalized spacial score (nSPS) is 12.6. The van der Waals surface area contributed by atoms with Crippen LogP contribution < -0.4 is 14.8 Å². The van der Waals surface area contributed by atoms with Gasteiger partial charge < -0.3 is 24.4 Å². The number of fused-ring (bicyclic) bond motifs is 1. The van der Waals surface area contributed by atoms with E-state index in [0.717, 1.165) is 10.4 Å². The van der Waals surface area contributed by atoms with Gasteiger partial charge in [0.2, 0.25) is 0 Å². The molecule has 29 heavy (non-hydrogen) atoms. The van der Waals surface area contributed by atoms with Crippen molar-refractivity contribution in [3.05, 3.63) is 39.8 Å². The number of anilines is 1. The number of ether oxygens (including phenoxy) is 3. The molecule has 1 aromatic heterocycles. The number of amides is 2. The molecule has 2 aromatic rings. The molecule has 0 fully saturated rings. The Morgan fingerprint density at radius 1 is 1.28 bits per heavy atom. The topological polar surface area (TPSA) is 101 Å². The summed E-state index contributed by atoms with van der Waals surface area (Å²) >= 11 is 1.29. The lowest BCUT2D eigenvalue weighted by Crippen LogP contribution is -2.35. The molecule has 2 amide bonds. The Bertz CT molecular complexity index is 957. The smallest absolute Gasteiger partial charge is 0.410 e. The number of hydrogen-bond acceptors (Lipinski definition) is 7. The Hall–Kier alpha value is -3.25. The van der Waals surface area contributed by atoms with Gasteiger partial charge in [-0.25, -0.2) is 4.79 Å². The van der Waals surface area contributed by atoms with Crippen molar-refractivity contribution >= 4 is 28.3 Å². The third-order valence-electron chi connectivity index (χ3n) is 4.58. The Morgan fingerprint density at radius 2 is 1.97 bits per heavy atom. The molecule has 1 aliphatic rings. The fraction of sp³-hybridized carbons (Fsp3) is 0.350. The zero-order valence-electron chi connectivity index (χ0n) is 16.4. The predicted molar refractivity (Wildman–Crippen MR) is 108 cm³/mol. The molecule has 9 heteroatoms. The van der Waals surface area contributed by atoms with Crippen LogP contribution >= 0.6 is 11.3 Å². The summed E-state index contributed by atoms with van der Waals surface area (Å²) in [5.41, 5.74) is 1.54. The van der Waals surface area contributed by atoms with E-state index >= 15 is 0 Å². The minimum atomic E-state index is -0.434. The van der Waals surface area contributed by atoms with Crippen LogP contribution in [-0.4, -0.2) is 44.3 Å². The van der Waals surface area contributed by atoms with Crippen molar-refractivity contribution in [1.82, 2.24) is 4.90 Å². The molecule has 0 saturated heterocycles. The number of hydrogen-bond donors (Lipinski definition) is 1. The summed E-state index contributed by atoms with van der Waals surface area (Å²) in [6, 6.07) is 7.24. The van der Waals surface area contributed by atoms with Crippen molar-refractivity contribution < 1.29 is 23.8 Å². The minimum Gasteiger partial charge on any atom is -0.496 e. The molecule has 2 heterocycles. The first kappa shape index (κ1) is 20.5. The number of carbonyl (C=O) groups excluding carboxylic acids is 2. The second-order valence-electron chi connectivity index (χ2n) is 6.18. The number of nitrogens with one attached hydrogen (secondary N) is 1. The molecule has 0 unspecified atom stereocenters. The summed E-state index contributed by atoms with van der Waals surface area (Å²) in [6.07, 6.45) is 0.149. The third kappa shape index (κ3) is 3.98. The van der Waals surface area contributed by atoms with Gasteiger partial charge in [-0.1, -0.05) is 6.07 Å². The Kier molecular flexibility index (Phi) is 6.24. The van der Waals surface area contributed by atoms with E-state index in [2.05, 4.69) is 11.4 Å². The molecule has 0 spiro atoms. The van der Waals surface area contributed by atoms with Gasteiger partial charge in [0, 0.05) is 11.4 Å². The fourth-order valence-electron chi connectivity index (χ4n) is 3.22. The maximum atomic E-state index is 13.0. The summed E-state index contributed by atoms with van der Waals surface area (Å²) in [7, 11) is 2.94. The SMILES string of the molecule is CCOC(=O)N1CCc2c(sc(NC(=O)c3c(OC)cccc3OC)c2C#N)C1. The van der Waals surface area contributed by atoms with E-state index in [9.17, 15) is 14.9 Å². The van der Waals surface area contributed by atoms with Gasteiger partial charge in [-0.05, 0) is 31.0 Å². The maximum absolute atomic E-state index is 13.0. The van der Waals surface area contributed by atoms with Gasteiger partial charge in [-0.15, -0.1) is 11.3 Å². The molecule has 0 atom stereocenters. The number of benzene rings is 1. The van der Waals surface area contributed by atoms with Crippen molar-refractivity contribution in [2.24, 2.45) is 0 Å². The molecule has 0 saturated carbocycles. The molecule has 1 N–H and O–H groups in total. The number of rotatable bonds is 5. The van der Waals surface area contributed by atoms with E-state index < -0.39 is 5.91 Å². The lowest BCUT2D eigenvalue weighted by atomic mass is 10.0. The standard InChI is InChI=1S/C20H21N3O5S/c1-4-28-20(25)23-9-8-12-13(10-21)19(29-16(12)11-23)22-18(24)17-14(26-2)6-5-7-15(17)27-3/h5-7H,4,8-9,11H2,1-3H3,(H,22,24). The van der Waals surface area contributed by atoms with Crippen LogP contribution in [-0.2, 0) is 17.7 Å². The number of nitriles is 1. The molecule has 1 aromatic carbocycles. The van der Waals surface area contributed by atoms with E-state index in [1.165, 1.54) is 25.6 Å². The van der Waals surface area contributed by atoms with Crippen molar-refractivity contribution in [3.8, 4) is 17.6 Å². The highest BCUT2D eigenvalue weighted by molar-refractivity contribution is 7.16. The van der Waals surface area contributed by atoms with Crippen LogP contribution in [0.25, 0.3) is 0 Å². The Labute approximate surface area is 172 Å². The molecular weight excluding hydrogens is 394 g/mol. The third-order valence-corrected chi connectivity index (χ3v) is 5.71. The fourth-order valence-corrected chi connectivity index (χ4v) is 4.43. The highest BCUT2D eigenvalue weighted by Gasteiger charge is 2.29. The molecule has 0 radical (unpaired) electrons. The number of carbonyl (C=O) groups is 2. The van der Waals surface area contributed by atoms with Gasteiger partial charge in [0.15, 0.2) is 0 Å².